The Bertz CT molecular complexity index is 862. The molecule has 0 unspecified atom stereocenters. The standard InChI is InChI=1S/C17H20N4O4S/c1-10(2)7-15-18-14(21-25-15)9-26-17-20-19-16(24-17)11-5-6-12(22-3)13(8-11)23-4/h5-6,8,10H,7,9H2,1-4H3. The molecule has 0 fully saturated rings. The Kier molecular flexibility index (Phi) is 5.77. The molecule has 3 rings (SSSR count). The van der Waals surface area contributed by atoms with Gasteiger partial charge in [-0.05, 0) is 24.1 Å². The normalized spacial score (nSPS) is 11.1. The lowest BCUT2D eigenvalue weighted by molar-refractivity contribution is 0.355. The van der Waals surface area contributed by atoms with Crippen molar-refractivity contribution < 1.29 is 18.4 Å². The van der Waals surface area contributed by atoms with E-state index < -0.39 is 0 Å². The molecule has 9 heteroatoms. The fourth-order valence-electron chi connectivity index (χ4n) is 2.26. The number of hydrogen-bond acceptors (Lipinski definition) is 9. The highest BCUT2D eigenvalue weighted by atomic mass is 32.2. The van der Waals surface area contributed by atoms with Crippen LogP contribution in [0.3, 0.4) is 0 Å². The molecule has 2 heterocycles. The summed E-state index contributed by atoms with van der Waals surface area (Å²) in [6.45, 7) is 4.21. The van der Waals surface area contributed by atoms with Gasteiger partial charge in [-0.2, -0.15) is 4.98 Å². The van der Waals surface area contributed by atoms with Crippen LogP contribution >= 0.6 is 11.8 Å². The molecule has 2 aromatic heterocycles. The van der Waals surface area contributed by atoms with Gasteiger partial charge >= 0.3 is 0 Å². The molecule has 26 heavy (non-hydrogen) atoms. The summed E-state index contributed by atoms with van der Waals surface area (Å²) >= 11 is 1.36. The third-order valence-electron chi connectivity index (χ3n) is 3.45. The molecule has 138 valence electrons. The van der Waals surface area contributed by atoms with Gasteiger partial charge < -0.3 is 18.4 Å². The maximum absolute atomic E-state index is 5.69. The number of methoxy groups -OCH3 is 2. The Hall–Kier alpha value is -2.55. The summed E-state index contributed by atoms with van der Waals surface area (Å²) in [6, 6.07) is 5.42. The van der Waals surface area contributed by atoms with Crippen LogP contribution in [0.2, 0.25) is 0 Å². The van der Waals surface area contributed by atoms with Gasteiger partial charge in [0, 0.05) is 12.0 Å². The number of benzene rings is 1. The fourth-order valence-corrected chi connectivity index (χ4v) is 2.87. The lowest BCUT2D eigenvalue weighted by Crippen LogP contribution is -1.94. The number of rotatable bonds is 8. The van der Waals surface area contributed by atoms with Crippen molar-refractivity contribution in [2.45, 2.75) is 31.2 Å². The van der Waals surface area contributed by atoms with Crippen molar-refractivity contribution in [3.05, 3.63) is 29.9 Å². The van der Waals surface area contributed by atoms with Crippen LogP contribution in [0, 0.1) is 5.92 Å². The zero-order valence-corrected chi connectivity index (χ0v) is 15.9. The number of aromatic nitrogens is 4. The van der Waals surface area contributed by atoms with E-state index in [-0.39, 0.29) is 0 Å². The van der Waals surface area contributed by atoms with Crippen LogP contribution in [0.15, 0.2) is 32.4 Å². The molecule has 3 aromatic rings. The Morgan fingerprint density at radius 3 is 2.65 bits per heavy atom. The van der Waals surface area contributed by atoms with E-state index in [4.69, 9.17) is 18.4 Å². The van der Waals surface area contributed by atoms with Gasteiger partial charge in [-0.1, -0.05) is 30.8 Å². The van der Waals surface area contributed by atoms with E-state index in [0.29, 0.717) is 46.0 Å². The Morgan fingerprint density at radius 1 is 1.12 bits per heavy atom. The maximum Gasteiger partial charge on any atom is 0.277 e. The lowest BCUT2D eigenvalue weighted by Gasteiger charge is -2.07. The van der Waals surface area contributed by atoms with Crippen LogP contribution in [0.25, 0.3) is 11.5 Å². The van der Waals surface area contributed by atoms with E-state index >= 15 is 0 Å². The predicted octanol–water partition coefficient (Wildman–Crippen LogP) is 3.63. The molecule has 1 aromatic carbocycles. The smallest absolute Gasteiger partial charge is 0.277 e. The monoisotopic (exact) mass is 376 g/mol. The lowest BCUT2D eigenvalue weighted by atomic mass is 10.1. The van der Waals surface area contributed by atoms with Gasteiger partial charge in [0.1, 0.15) is 0 Å². The highest BCUT2D eigenvalue weighted by Crippen LogP contribution is 2.32. The van der Waals surface area contributed by atoms with Crippen molar-refractivity contribution in [1.82, 2.24) is 20.3 Å². The Balaban J connectivity index is 1.65. The molecule has 0 aliphatic carbocycles. The minimum atomic E-state index is 0.405. The Morgan fingerprint density at radius 2 is 1.92 bits per heavy atom. The zero-order chi connectivity index (χ0) is 18.5. The number of ether oxygens (including phenoxy) is 2. The SMILES string of the molecule is COc1ccc(-c2nnc(SCc3noc(CC(C)C)n3)o2)cc1OC. The summed E-state index contributed by atoms with van der Waals surface area (Å²) in [7, 11) is 3.17. The van der Waals surface area contributed by atoms with Gasteiger partial charge in [0.25, 0.3) is 5.22 Å². The van der Waals surface area contributed by atoms with Gasteiger partial charge in [-0.15, -0.1) is 10.2 Å². The van der Waals surface area contributed by atoms with Crippen molar-refractivity contribution in [2.24, 2.45) is 5.92 Å². The van der Waals surface area contributed by atoms with Crippen LogP contribution in [-0.2, 0) is 12.2 Å². The predicted molar refractivity (Wildman–Crippen MR) is 95.2 cm³/mol. The van der Waals surface area contributed by atoms with Crippen molar-refractivity contribution in [3.63, 3.8) is 0 Å². The van der Waals surface area contributed by atoms with Crippen LogP contribution in [0.5, 0.6) is 11.5 Å². The summed E-state index contributed by atoms with van der Waals surface area (Å²) in [6.07, 6.45) is 0.766. The average Bonchev–Trinajstić information content (AvgIpc) is 3.28. The van der Waals surface area contributed by atoms with E-state index in [9.17, 15) is 0 Å². The van der Waals surface area contributed by atoms with Gasteiger partial charge in [0.2, 0.25) is 11.8 Å². The highest BCUT2D eigenvalue weighted by Gasteiger charge is 2.14. The van der Waals surface area contributed by atoms with Crippen molar-refractivity contribution in [2.75, 3.05) is 14.2 Å². The van der Waals surface area contributed by atoms with Gasteiger partial charge in [-0.3, -0.25) is 0 Å². The minimum Gasteiger partial charge on any atom is -0.493 e. The van der Waals surface area contributed by atoms with Gasteiger partial charge in [-0.25, -0.2) is 0 Å². The molecule has 0 amide bonds. The van der Waals surface area contributed by atoms with Crippen LogP contribution in [0.4, 0.5) is 0 Å². The second-order valence-electron chi connectivity index (χ2n) is 5.93. The van der Waals surface area contributed by atoms with E-state index in [1.54, 1.807) is 26.4 Å². The molecule has 0 aliphatic rings. The van der Waals surface area contributed by atoms with Gasteiger partial charge in [0.15, 0.2) is 17.3 Å². The van der Waals surface area contributed by atoms with Crippen LogP contribution in [-0.4, -0.2) is 34.6 Å². The molecular formula is C17H20N4O4S. The summed E-state index contributed by atoms with van der Waals surface area (Å²) in [4.78, 5) is 4.35. The fraction of sp³-hybridized carbons (Fsp3) is 0.412. The third-order valence-corrected chi connectivity index (χ3v) is 4.27. The van der Waals surface area contributed by atoms with E-state index in [0.717, 1.165) is 12.0 Å². The average molecular weight is 376 g/mol. The first-order chi connectivity index (χ1) is 12.6. The second kappa shape index (κ2) is 8.22. The molecule has 0 saturated heterocycles. The first kappa shape index (κ1) is 18.2. The topological polar surface area (TPSA) is 96.3 Å². The van der Waals surface area contributed by atoms with Crippen molar-refractivity contribution >= 4 is 11.8 Å². The second-order valence-corrected chi connectivity index (χ2v) is 6.86. The molecule has 0 bridgehead atoms. The summed E-state index contributed by atoms with van der Waals surface area (Å²) in [5, 5.41) is 12.5. The van der Waals surface area contributed by atoms with Crippen molar-refractivity contribution in [3.8, 4) is 23.0 Å². The van der Waals surface area contributed by atoms with E-state index in [1.807, 2.05) is 6.07 Å². The number of nitrogens with zero attached hydrogens (tertiary/aromatic N) is 4. The minimum absolute atomic E-state index is 0.405. The highest BCUT2D eigenvalue weighted by molar-refractivity contribution is 7.98. The molecule has 0 N–H and O–H groups in total. The number of thioether (sulfide) groups is 1. The largest absolute Gasteiger partial charge is 0.493 e. The van der Waals surface area contributed by atoms with E-state index in [2.05, 4.69) is 34.2 Å². The molecule has 0 radical (unpaired) electrons. The van der Waals surface area contributed by atoms with E-state index in [1.165, 1.54) is 11.8 Å². The van der Waals surface area contributed by atoms with Gasteiger partial charge in [0.05, 0.1) is 20.0 Å². The third kappa shape index (κ3) is 4.34. The summed E-state index contributed by atoms with van der Waals surface area (Å²) in [5.74, 6) is 3.86. The summed E-state index contributed by atoms with van der Waals surface area (Å²) in [5.41, 5.74) is 0.751. The quantitative estimate of drug-likeness (QED) is 0.546. The van der Waals surface area contributed by atoms with Crippen LogP contribution < -0.4 is 9.47 Å². The molecule has 0 aliphatic heterocycles. The van der Waals surface area contributed by atoms with Crippen molar-refractivity contribution in [1.29, 1.82) is 0 Å². The zero-order valence-electron chi connectivity index (χ0n) is 15.1. The Labute approximate surface area is 155 Å². The number of hydrogen-bond donors (Lipinski definition) is 0. The first-order valence-corrected chi connectivity index (χ1v) is 9.07. The molecular weight excluding hydrogens is 356 g/mol. The summed E-state index contributed by atoms with van der Waals surface area (Å²) < 4.78 is 21.4. The molecule has 0 spiro atoms. The molecule has 0 saturated carbocycles. The van der Waals surface area contributed by atoms with Crippen LogP contribution in [0.1, 0.15) is 25.6 Å². The first-order valence-electron chi connectivity index (χ1n) is 8.09. The molecule has 8 nitrogen and oxygen atoms in total. The molecule has 0 atom stereocenters. The maximum atomic E-state index is 5.69.